The standard InChI is InChI=1S/C21H25ClN2O3.ClH/c22-18-8-6-17(7-9-18)21(16-4-2-1-3-5-16)19-14-23-10-11-24(19)12-13-27-15-20(25)26;/h1-9,19,21,23H,10-15H2,(H,25,26);1H. The van der Waals surface area contributed by atoms with Gasteiger partial charge in [0.2, 0.25) is 0 Å². The highest BCUT2D eigenvalue weighted by atomic mass is 35.5. The average Bonchev–Trinajstić information content (AvgIpc) is 2.69. The molecule has 2 aromatic rings. The quantitative estimate of drug-likeness (QED) is 0.636. The topological polar surface area (TPSA) is 61.8 Å². The van der Waals surface area contributed by atoms with Crippen LogP contribution in [0.15, 0.2) is 54.6 Å². The lowest BCUT2D eigenvalue weighted by molar-refractivity contribution is -0.142. The SMILES string of the molecule is Cl.O=C(O)COCCN1CCNCC1C(c1ccccc1)c1ccc(Cl)cc1. The first-order valence-electron chi connectivity index (χ1n) is 9.20. The van der Waals surface area contributed by atoms with E-state index in [1.807, 2.05) is 18.2 Å². The summed E-state index contributed by atoms with van der Waals surface area (Å²) in [5.41, 5.74) is 2.47. The number of carboxylic acid groups (broad SMARTS) is 1. The molecule has 1 aliphatic rings. The number of halogens is 2. The van der Waals surface area contributed by atoms with Gasteiger partial charge in [0.15, 0.2) is 0 Å². The highest BCUT2D eigenvalue weighted by Gasteiger charge is 2.31. The van der Waals surface area contributed by atoms with Crippen LogP contribution in [0.1, 0.15) is 17.0 Å². The third-order valence-corrected chi connectivity index (χ3v) is 5.17. The zero-order valence-corrected chi connectivity index (χ0v) is 17.2. The summed E-state index contributed by atoms with van der Waals surface area (Å²) in [5, 5.41) is 13.0. The van der Waals surface area contributed by atoms with Crippen LogP contribution >= 0.6 is 24.0 Å². The van der Waals surface area contributed by atoms with Crippen molar-refractivity contribution < 1.29 is 14.6 Å². The molecule has 1 fully saturated rings. The third-order valence-electron chi connectivity index (χ3n) is 4.92. The molecule has 0 saturated carbocycles. The maximum absolute atomic E-state index is 10.7. The Morgan fingerprint density at radius 2 is 1.86 bits per heavy atom. The maximum Gasteiger partial charge on any atom is 0.329 e. The number of rotatable bonds is 8. The summed E-state index contributed by atoms with van der Waals surface area (Å²) >= 11 is 6.10. The predicted octanol–water partition coefficient (Wildman–Crippen LogP) is 3.27. The van der Waals surface area contributed by atoms with Gasteiger partial charge < -0.3 is 15.2 Å². The summed E-state index contributed by atoms with van der Waals surface area (Å²) in [4.78, 5) is 13.1. The molecule has 0 aliphatic carbocycles. The molecule has 152 valence electrons. The highest BCUT2D eigenvalue weighted by Crippen LogP contribution is 2.32. The molecule has 2 aromatic carbocycles. The van der Waals surface area contributed by atoms with Crippen LogP contribution in [0.2, 0.25) is 5.02 Å². The predicted molar refractivity (Wildman–Crippen MR) is 114 cm³/mol. The van der Waals surface area contributed by atoms with Gasteiger partial charge >= 0.3 is 5.97 Å². The van der Waals surface area contributed by atoms with Crippen LogP contribution in [0.3, 0.4) is 0 Å². The minimum atomic E-state index is -0.935. The van der Waals surface area contributed by atoms with E-state index in [2.05, 4.69) is 46.6 Å². The Bertz CT molecular complexity index is 728. The second-order valence-corrected chi connectivity index (χ2v) is 7.13. The third kappa shape index (κ3) is 6.19. The molecule has 1 saturated heterocycles. The van der Waals surface area contributed by atoms with Gasteiger partial charge in [-0.3, -0.25) is 4.90 Å². The van der Waals surface area contributed by atoms with Crippen molar-refractivity contribution in [2.75, 3.05) is 39.4 Å². The Balaban J connectivity index is 0.00000280. The minimum Gasteiger partial charge on any atom is -0.480 e. The second-order valence-electron chi connectivity index (χ2n) is 6.69. The largest absolute Gasteiger partial charge is 0.480 e. The van der Waals surface area contributed by atoms with Gasteiger partial charge in [-0.15, -0.1) is 12.4 Å². The van der Waals surface area contributed by atoms with E-state index in [1.165, 1.54) is 11.1 Å². The Kier molecular flexibility index (Phi) is 9.22. The number of piperazine rings is 1. The maximum atomic E-state index is 10.7. The molecule has 0 bridgehead atoms. The number of benzene rings is 2. The molecule has 0 amide bonds. The molecule has 7 heteroatoms. The zero-order valence-electron chi connectivity index (χ0n) is 15.6. The smallest absolute Gasteiger partial charge is 0.329 e. The van der Waals surface area contributed by atoms with Crippen LogP contribution < -0.4 is 5.32 Å². The molecule has 0 spiro atoms. The van der Waals surface area contributed by atoms with E-state index in [0.717, 1.165) is 24.7 Å². The Hall–Kier alpha value is -1.63. The normalized spacial score (nSPS) is 18.2. The van der Waals surface area contributed by atoms with Gasteiger partial charge in [0.05, 0.1) is 6.61 Å². The van der Waals surface area contributed by atoms with Crippen molar-refractivity contribution in [2.24, 2.45) is 0 Å². The molecular weight excluding hydrogens is 399 g/mol. The second kappa shape index (κ2) is 11.4. The lowest BCUT2D eigenvalue weighted by Crippen LogP contribution is -2.54. The molecular formula is C21H26Cl2N2O3. The molecule has 0 aromatic heterocycles. The fourth-order valence-corrected chi connectivity index (χ4v) is 3.81. The monoisotopic (exact) mass is 424 g/mol. The number of ether oxygens (including phenoxy) is 1. The van der Waals surface area contributed by atoms with E-state index in [4.69, 9.17) is 21.4 Å². The van der Waals surface area contributed by atoms with Crippen molar-refractivity contribution in [1.29, 1.82) is 0 Å². The zero-order chi connectivity index (χ0) is 19.1. The Morgan fingerprint density at radius 3 is 2.54 bits per heavy atom. The number of hydrogen-bond donors (Lipinski definition) is 2. The summed E-state index contributed by atoms with van der Waals surface area (Å²) in [6, 6.07) is 18.8. The van der Waals surface area contributed by atoms with Crippen LogP contribution in [0.25, 0.3) is 0 Å². The van der Waals surface area contributed by atoms with Crippen molar-refractivity contribution in [3.05, 3.63) is 70.7 Å². The van der Waals surface area contributed by atoms with Crippen LogP contribution in [0.5, 0.6) is 0 Å². The number of carbonyl (C=O) groups is 1. The van der Waals surface area contributed by atoms with Gasteiger partial charge in [-0.25, -0.2) is 4.79 Å². The van der Waals surface area contributed by atoms with Gasteiger partial charge in [-0.1, -0.05) is 54.1 Å². The number of nitrogens with one attached hydrogen (secondary N) is 1. The lowest BCUT2D eigenvalue weighted by Gasteiger charge is -2.41. The molecule has 2 unspecified atom stereocenters. The summed E-state index contributed by atoms with van der Waals surface area (Å²) in [6.45, 7) is 3.54. The molecule has 2 N–H and O–H groups in total. The van der Waals surface area contributed by atoms with Gasteiger partial charge in [0, 0.05) is 43.2 Å². The van der Waals surface area contributed by atoms with E-state index in [-0.39, 0.29) is 31.0 Å². The Morgan fingerprint density at radius 1 is 1.18 bits per heavy atom. The fourth-order valence-electron chi connectivity index (χ4n) is 3.68. The van der Waals surface area contributed by atoms with Gasteiger partial charge in [0.25, 0.3) is 0 Å². The van der Waals surface area contributed by atoms with Crippen molar-refractivity contribution in [1.82, 2.24) is 10.2 Å². The highest BCUT2D eigenvalue weighted by molar-refractivity contribution is 6.30. The molecule has 28 heavy (non-hydrogen) atoms. The van der Waals surface area contributed by atoms with E-state index in [1.54, 1.807) is 0 Å². The molecule has 5 nitrogen and oxygen atoms in total. The lowest BCUT2D eigenvalue weighted by atomic mass is 9.83. The molecule has 1 heterocycles. The number of aliphatic carboxylic acids is 1. The van der Waals surface area contributed by atoms with Crippen LogP contribution in [0.4, 0.5) is 0 Å². The van der Waals surface area contributed by atoms with Crippen LogP contribution in [0, 0.1) is 0 Å². The average molecular weight is 425 g/mol. The first-order valence-corrected chi connectivity index (χ1v) is 9.57. The van der Waals surface area contributed by atoms with E-state index >= 15 is 0 Å². The summed E-state index contributed by atoms with van der Waals surface area (Å²) in [5.74, 6) is -0.745. The molecule has 2 atom stereocenters. The molecule has 1 aliphatic heterocycles. The number of hydrogen-bond acceptors (Lipinski definition) is 4. The van der Waals surface area contributed by atoms with Crippen LogP contribution in [-0.4, -0.2) is 61.4 Å². The Labute approximate surface area is 177 Å². The number of nitrogens with zero attached hydrogens (tertiary/aromatic N) is 1. The minimum absolute atomic E-state index is 0. The summed E-state index contributed by atoms with van der Waals surface area (Å²) in [7, 11) is 0. The molecule has 0 radical (unpaired) electrons. The van der Waals surface area contributed by atoms with Crippen LogP contribution in [-0.2, 0) is 9.53 Å². The number of carboxylic acids is 1. The van der Waals surface area contributed by atoms with Crippen molar-refractivity contribution in [3.63, 3.8) is 0 Å². The van der Waals surface area contributed by atoms with Gasteiger partial charge in [0.1, 0.15) is 6.61 Å². The van der Waals surface area contributed by atoms with Gasteiger partial charge in [-0.05, 0) is 23.3 Å². The van der Waals surface area contributed by atoms with Gasteiger partial charge in [-0.2, -0.15) is 0 Å². The van der Waals surface area contributed by atoms with E-state index in [9.17, 15) is 4.79 Å². The molecule has 3 rings (SSSR count). The van der Waals surface area contributed by atoms with Crippen molar-refractivity contribution >= 4 is 30.0 Å². The summed E-state index contributed by atoms with van der Waals surface area (Å²) < 4.78 is 5.27. The first-order chi connectivity index (χ1) is 13.1. The first kappa shape index (κ1) is 22.7. The summed E-state index contributed by atoms with van der Waals surface area (Å²) in [6.07, 6.45) is 0. The van der Waals surface area contributed by atoms with E-state index < -0.39 is 5.97 Å². The van der Waals surface area contributed by atoms with Crippen molar-refractivity contribution in [2.45, 2.75) is 12.0 Å². The van der Waals surface area contributed by atoms with E-state index in [0.29, 0.717) is 13.2 Å². The fraction of sp³-hybridized carbons (Fsp3) is 0.381. The van der Waals surface area contributed by atoms with Crippen molar-refractivity contribution in [3.8, 4) is 0 Å².